The molecular formula is C12H10F3N5OS. The molecule has 0 aromatic carbocycles. The number of aromatic nitrogens is 5. The molecule has 3 aromatic rings. The smallest absolute Gasteiger partial charge is 0.329 e. The third kappa shape index (κ3) is 2.86. The van der Waals surface area contributed by atoms with Crippen LogP contribution in [0.15, 0.2) is 16.7 Å². The Morgan fingerprint density at radius 2 is 2.00 bits per heavy atom. The van der Waals surface area contributed by atoms with Gasteiger partial charge < -0.3 is 4.52 Å². The maximum Gasteiger partial charge on any atom is 0.471 e. The van der Waals surface area contributed by atoms with E-state index >= 15 is 0 Å². The van der Waals surface area contributed by atoms with E-state index in [9.17, 15) is 13.2 Å². The quantitative estimate of drug-likeness (QED) is 0.738. The molecular weight excluding hydrogens is 319 g/mol. The number of aryl methyl sites for hydroxylation is 2. The molecule has 0 unspecified atom stereocenters. The lowest BCUT2D eigenvalue weighted by Gasteiger charge is -1.99. The molecule has 0 atom stereocenters. The largest absolute Gasteiger partial charge is 0.471 e. The molecule has 0 bridgehead atoms. The first-order chi connectivity index (χ1) is 10.3. The Kier molecular flexibility index (Phi) is 3.47. The van der Waals surface area contributed by atoms with Crippen molar-refractivity contribution in [1.29, 1.82) is 0 Å². The minimum absolute atomic E-state index is 0.0740. The van der Waals surface area contributed by atoms with Crippen molar-refractivity contribution in [2.75, 3.05) is 0 Å². The van der Waals surface area contributed by atoms with E-state index in [1.54, 1.807) is 23.7 Å². The van der Waals surface area contributed by atoms with Crippen LogP contribution >= 0.6 is 11.3 Å². The number of hydrogen-bond acceptors (Lipinski definition) is 6. The van der Waals surface area contributed by atoms with Crippen LogP contribution in [-0.4, -0.2) is 24.9 Å². The highest BCUT2D eigenvalue weighted by Crippen LogP contribution is 2.31. The predicted molar refractivity (Wildman–Crippen MR) is 71.2 cm³/mol. The molecule has 0 saturated carbocycles. The third-order valence-corrected chi connectivity index (χ3v) is 3.88. The summed E-state index contributed by atoms with van der Waals surface area (Å²) in [6.07, 6.45) is -4.64. The molecule has 0 amide bonds. The first-order valence-corrected chi connectivity index (χ1v) is 7.02. The van der Waals surface area contributed by atoms with Gasteiger partial charge in [-0.15, -0.1) is 11.3 Å². The lowest BCUT2D eigenvalue weighted by molar-refractivity contribution is -0.159. The predicted octanol–water partition coefficient (Wildman–Crippen LogP) is 3.07. The van der Waals surface area contributed by atoms with E-state index in [0.29, 0.717) is 17.2 Å². The summed E-state index contributed by atoms with van der Waals surface area (Å²) in [5.41, 5.74) is 0. The van der Waals surface area contributed by atoms with Crippen molar-refractivity contribution in [3.63, 3.8) is 0 Å². The van der Waals surface area contributed by atoms with Crippen LogP contribution in [0.3, 0.4) is 0 Å². The van der Waals surface area contributed by atoms with Crippen molar-refractivity contribution in [3.8, 4) is 10.7 Å². The van der Waals surface area contributed by atoms with Crippen molar-refractivity contribution in [3.05, 3.63) is 34.5 Å². The fraction of sp³-hybridized carbons (Fsp3) is 0.333. The lowest BCUT2D eigenvalue weighted by Crippen LogP contribution is -2.04. The fourth-order valence-corrected chi connectivity index (χ4v) is 2.80. The maximum atomic E-state index is 12.4. The number of alkyl halides is 3. The van der Waals surface area contributed by atoms with E-state index < -0.39 is 12.1 Å². The van der Waals surface area contributed by atoms with Crippen LogP contribution in [0.2, 0.25) is 0 Å². The van der Waals surface area contributed by atoms with E-state index in [4.69, 9.17) is 0 Å². The zero-order valence-corrected chi connectivity index (χ0v) is 12.4. The molecule has 0 N–H and O–H groups in total. The molecule has 0 aliphatic rings. The summed E-state index contributed by atoms with van der Waals surface area (Å²) in [5, 5.41) is 7.60. The van der Waals surface area contributed by atoms with Gasteiger partial charge in [0.25, 0.3) is 0 Å². The number of rotatable bonds is 3. The first-order valence-electron chi connectivity index (χ1n) is 6.21. The second-order valence-electron chi connectivity index (χ2n) is 4.55. The van der Waals surface area contributed by atoms with Crippen LogP contribution in [0.5, 0.6) is 0 Å². The van der Waals surface area contributed by atoms with E-state index in [2.05, 4.69) is 24.7 Å². The van der Waals surface area contributed by atoms with Crippen LogP contribution in [0, 0.1) is 13.8 Å². The Morgan fingerprint density at radius 1 is 1.23 bits per heavy atom. The minimum Gasteiger partial charge on any atom is -0.329 e. The highest BCUT2D eigenvalue weighted by molar-refractivity contribution is 7.15. The summed E-state index contributed by atoms with van der Waals surface area (Å²) in [6.45, 7) is 4.12. The van der Waals surface area contributed by atoms with Crippen molar-refractivity contribution < 1.29 is 17.7 Å². The number of hydrogen-bond donors (Lipinski definition) is 0. The molecule has 0 aliphatic carbocycles. The van der Waals surface area contributed by atoms with Crippen LogP contribution < -0.4 is 0 Å². The molecule has 116 valence electrons. The Hall–Kier alpha value is -2.23. The second kappa shape index (κ2) is 5.20. The summed E-state index contributed by atoms with van der Waals surface area (Å²) in [6, 6.07) is 3.45. The van der Waals surface area contributed by atoms with Gasteiger partial charge in [-0.25, -0.2) is 9.67 Å². The van der Waals surface area contributed by atoms with Crippen molar-refractivity contribution >= 4 is 11.3 Å². The molecule has 6 nitrogen and oxygen atoms in total. The molecule has 0 fully saturated rings. The van der Waals surface area contributed by atoms with Crippen molar-refractivity contribution in [1.82, 2.24) is 24.9 Å². The average molecular weight is 329 g/mol. The van der Waals surface area contributed by atoms with Crippen LogP contribution in [0.1, 0.15) is 22.4 Å². The van der Waals surface area contributed by atoms with Gasteiger partial charge in [-0.05, 0) is 26.0 Å². The number of nitrogens with zero attached hydrogens (tertiary/aromatic N) is 5. The maximum absolute atomic E-state index is 12.4. The Bertz CT molecular complexity index is 804. The first kappa shape index (κ1) is 14.7. The van der Waals surface area contributed by atoms with Gasteiger partial charge in [-0.3, -0.25) is 0 Å². The Labute approximate surface area is 126 Å². The number of thiophene rings is 1. The van der Waals surface area contributed by atoms with Crippen LogP contribution in [-0.2, 0) is 12.7 Å². The number of halogens is 3. The highest BCUT2D eigenvalue weighted by Gasteiger charge is 2.38. The highest BCUT2D eigenvalue weighted by atomic mass is 32.1. The Morgan fingerprint density at radius 3 is 2.59 bits per heavy atom. The lowest BCUT2D eigenvalue weighted by atomic mass is 10.4. The van der Waals surface area contributed by atoms with Gasteiger partial charge in [-0.2, -0.15) is 23.3 Å². The summed E-state index contributed by atoms with van der Waals surface area (Å²) in [7, 11) is 0. The topological polar surface area (TPSA) is 69.6 Å². The van der Waals surface area contributed by atoms with Crippen LogP contribution in [0.25, 0.3) is 10.7 Å². The zero-order chi connectivity index (χ0) is 15.9. The van der Waals surface area contributed by atoms with Gasteiger partial charge in [0.2, 0.25) is 5.82 Å². The van der Waals surface area contributed by atoms with Crippen molar-refractivity contribution in [2.45, 2.75) is 26.6 Å². The van der Waals surface area contributed by atoms with Gasteiger partial charge in [-0.1, -0.05) is 5.16 Å². The standard InChI is InChI=1S/C12H10F3N5OS/c1-6-16-7(2)20(18-6)5-8-3-4-9(22-8)10-17-11(21-19-10)12(13,14)15/h3-4H,5H2,1-2H3. The SMILES string of the molecule is Cc1nc(C)n(Cc2ccc(-c3noc(C(F)(F)F)n3)s2)n1. The van der Waals surface area contributed by atoms with E-state index in [1.165, 1.54) is 11.3 Å². The molecule has 10 heteroatoms. The summed E-state index contributed by atoms with van der Waals surface area (Å²) < 4.78 is 43.3. The summed E-state index contributed by atoms with van der Waals surface area (Å²) in [4.78, 5) is 8.97. The molecule has 0 saturated heterocycles. The van der Waals surface area contributed by atoms with Crippen LogP contribution in [0.4, 0.5) is 13.2 Å². The minimum atomic E-state index is -4.64. The van der Waals surface area contributed by atoms with Gasteiger partial charge in [0.15, 0.2) is 0 Å². The van der Waals surface area contributed by atoms with E-state index in [-0.39, 0.29) is 5.82 Å². The normalized spacial score (nSPS) is 12.0. The molecule has 0 spiro atoms. The average Bonchev–Trinajstić information content (AvgIpc) is 3.10. The fourth-order valence-electron chi connectivity index (χ4n) is 1.88. The summed E-state index contributed by atoms with van der Waals surface area (Å²) in [5.74, 6) is 0.0175. The molecule has 3 heterocycles. The summed E-state index contributed by atoms with van der Waals surface area (Å²) >= 11 is 1.28. The zero-order valence-electron chi connectivity index (χ0n) is 11.5. The Balaban J connectivity index is 1.82. The second-order valence-corrected chi connectivity index (χ2v) is 5.72. The van der Waals surface area contributed by atoms with Gasteiger partial charge in [0, 0.05) is 4.88 Å². The molecule has 22 heavy (non-hydrogen) atoms. The molecule has 0 radical (unpaired) electrons. The van der Waals surface area contributed by atoms with Gasteiger partial charge in [0.05, 0.1) is 11.4 Å². The molecule has 3 rings (SSSR count). The molecule has 0 aliphatic heterocycles. The van der Waals surface area contributed by atoms with E-state index in [0.717, 1.165) is 10.7 Å². The monoisotopic (exact) mass is 329 g/mol. The van der Waals surface area contributed by atoms with E-state index in [1.807, 2.05) is 6.92 Å². The van der Waals surface area contributed by atoms with Gasteiger partial charge in [0.1, 0.15) is 11.6 Å². The third-order valence-electron chi connectivity index (χ3n) is 2.82. The van der Waals surface area contributed by atoms with Crippen molar-refractivity contribution in [2.24, 2.45) is 0 Å². The van der Waals surface area contributed by atoms with Gasteiger partial charge >= 0.3 is 12.1 Å². The molecule has 3 aromatic heterocycles.